The molecule has 0 aromatic carbocycles. The van der Waals surface area contributed by atoms with Crippen molar-refractivity contribution in [2.75, 3.05) is 0 Å². The molecule has 0 rings (SSSR count). The first-order valence-corrected chi connectivity index (χ1v) is 0. The summed E-state index contributed by atoms with van der Waals surface area (Å²) in [6.45, 7) is 0. The zero-order chi connectivity index (χ0) is 0. The minimum absolute atomic E-state index is 0. The van der Waals surface area contributed by atoms with Gasteiger partial charge in [-0.25, -0.2) is 0 Å². The van der Waals surface area contributed by atoms with Gasteiger partial charge in [0.1, 0.15) is 0 Å². The summed E-state index contributed by atoms with van der Waals surface area (Å²) in [4.78, 5) is 0. The number of rotatable bonds is 0. The summed E-state index contributed by atoms with van der Waals surface area (Å²) >= 11 is 0. The van der Waals surface area contributed by atoms with Crippen LogP contribution in [0.2, 0.25) is 0 Å². The molecule has 50 valence electrons. The van der Waals surface area contributed by atoms with Crippen molar-refractivity contribution in [2.24, 2.45) is 0 Å². The van der Waals surface area contributed by atoms with Crippen molar-refractivity contribution in [3.63, 3.8) is 0 Å². The zero-order valence-electron chi connectivity index (χ0n) is 2.77. The minimum Gasteiger partial charge on any atom is -1.00 e. The molecule has 7 heavy (non-hydrogen) atoms. The van der Waals surface area contributed by atoms with E-state index in [0.29, 0.717) is 0 Å². The molecule has 0 unspecified atom stereocenters. The molecule has 0 aliphatic carbocycles. The van der Waals surface area contributed by atoms with E-state index in [4.69, 9.17) is 0 Å². The molecule has 0 fully saturated rings. The first kappa shape index (κ1) is 131. The van der Waals surface area contributed by atoms with E-state index in [-0.39, 0.29) is 89.2 Å². The zero-order valence-corrected chi connectivity index (χ0v) is 8.15. The molecule has 0 aliphatic heterocycles. The van der Waals surface area contributed by atoms with E-state index in [1.54, 1.807) is 0 Å². The maximum Gasteiger partial charge on any atom is 2.00 e. The quantitative estimate of drug-likeness (QED) is 0.391. The smallest absolute Gasteiger partial charge is 1.00 e. The molecule has 0 aromatic rings. The van der Waals surface area contributed by atoms with Gasteiger partial charge in [-0.3, -0.25) is 0 Å². The van der Waals surface area contributed by atoms with Gasteiger partial charge in [-0.1, -0.05) is 0 Å². The Labute approximate surface area is 88.7 Å². The Morgan fingerprint density at radius 3 is 0.429 bits per heavy atom. The molecule has 0 atom stereocenters. The summed E-state index contributed by atoms with van der Waals surface area (Å²) in [6, 6.07) is 0. The normalized spacial score (nSPS) is 0. The van der Waals surface area contributed by atoms with Crippen LogP contribution in [0.4, 0.5) is 0 Å². The van der Waals surface area contributed by atoms with Crippen LogP contribution in [0.15, 0.2) is 0 Å². The summed E-state index contributed by atoms with van der Waals surface area (Å²) in [5.74, 6) is 0. The van der Waals surface area contributed by atoms with Crippen LogP contribution in [0.1, 0.15) is 0 Å². The number of hydrogen-bond donors (Lipinski definition) is 0. The molecule has 0 spiro atoms. The molecule has 0 aliphatic rings. The molecule has 7 heteroatoms. The topological polar surface area (TPSA) is 31.5 Å². The molecule has 0 amide bonds. The molecular weight excluding hydrogens is 268 g/mol. The third-order valence-corrected chi connectivity index (χ3v) is 0. The monoisotopic (exact) mass is 268 g/mol. The summed E-state index contributed by atoms with van der Waals surface area (Å²) in [5, 5.41) is 0. The largest absolute Gasteiger partial charge is 2.00 e. The summed E-state index contributed by atoms with van der Waals surface area (Å²) in [5.41, 5.74) is 0. The Morgan fingerprint density at radius 2 is 0.429 bits per heavy atom. The Hall–Kier alpha value is 2.16. The van der Waals surface area contributed by atoms with E-state index in [2.05, 4.69) is 0 Å². The van der Waals surface area contributed by atoms with Crippen LogP contribution in [-0.2, 0) is 34.1 Å². The van der Waals surface area contributed by atoms with Crippen molar-refractivity contribution in [3.05, 3.63) is 0 Å². The third-order valence-electron chi connectivity index (χ3n) is 0. The van der Waals surface area contributed by atoms with Gasteiger partial charge in [-0.2, -0.15) is 0 Å². The first-order valence-electron chi connectivity index (χ1n) is 0. The van der Waals surface area contributed by atoms with Crippen LogP contribution < -0.4 is 49.6 Å². The van der Waals surface area contributed by atoms with Crippen molar-refractivity contribution in [1.82, 2.24) is 0 Å². The predicted octanol–water partition coefficient (Wildman–Crippen LogP) is -12.8. The molecule has 0 bridgehead atoms. The van der Waals surface area contributed by atoms with Gasteiger partial charge in [0.25, 0.3) is 0 Å². The summed E-state index contributed by atoms with van der Waals surface area (Å²) in [6.07, 6.45) is 0. The van der Waals surface area contributed by atoms with Crippen molar-refractivity contribution < 1.29 is 89.2 Å². The van der Waals surface area contributed by atoms with Crippen LogP contribution >= 0.6 is 0 Å². The molecule has 1 nitrogen and oxygen atoms in total. The summed E-state index contributed by atoms with van der Waals surface area (Å²) in [7, 11) is 0. The summed E-state index contributed by atoms with van der Waals surface area (Å²) < 4.78 is 0. The number of hydrogen-bond acceptors (Lipinski definition) is 0. The first-order chi connectivity index (χ1) is 0. The van der Waals surface area contributed by atoms with Gasteiger partial charge in [0, 0.05) is 0 Å². The van der Waals surface area contributed by atoms with E-state index >= 15 is 0 Å². The second kappa shape index (κ2) is 89.7. The minimum atomic E-state index is 0. The fraction of sp³-hybridized carbons (Fsp3) is 0. The predicted molar refractivity (Wildman–Crippen MR) is 3.61 cm³/mol. The van der Waals surface area contributed by atoms with E-state index in [1.807, 2.05) is 0 Å². The average Bonchev–Trinajstić information content (AvgIpc) is 0. The molecule has 0 heterocycles. The average molecular weight is 270 g/mol. The molecule has 0 saturated heterocycles. The maximum atomic E-state index is 0. The molecule has 2 N–H and O–H groups in total. The van der Waals surface area contributed by atoms with Crippen LogP contribution in [0.3, 0.4) is 0 Å². The SMILES string of the molecule is O.[Cl-].[Cl-].[Cl-].[Cl-].[Mn+2].[Mn+2]. The van der Waals surface area contributed by atoms with Crippen molar-refractivity contribution in [1.29, 1.82) is 0 Å². The van der Waals surface area contributed by atoms with Gasteiger partial charge >= 0.3 is 34.1 Å². The fourth-order valence-corrected chi connectivity index (χ4v) is 0. The van der Waals surface area contributed by atoms with Crippen molar-refractivity contribution >= 4 is 0 Å². The van der Waals surface area contributed by atoms with E-state index in [9.17, 15) is 0 Å². The fourth-order valence-electron chi connectivity index (χ4n) is 0. The van der Waals surface area contributed by atoms with Gasteiger partial charge in [-0.15, -0.1) is 0 Å². The van der Waals surface area contributed by atoms with Crippen LogP contribution in [-0.4, -0.2) is 5.48 Å². The van der Waals surface area contributed by atoms with Crippen LogP contribution in [0, 0.1) is 0 Å². The van der Waals surface area contributed by atoms with E-state index < -0.39 is 0 Å². The Morgan fingerprint density at radius 1 is 0.429 bits per heavy atom. The Bertz CT molecular complexity index is 9.65. The van der Waals surface area contributed by atoms with Crippen LogP contribution in [0.25, 0.3) is 0 Å². The van der Waals surface area contributed by atoms with Crippen molar-refractivity contribution in [3.8, 4) is 0 Å². The van der Waals surface area contributed by atoms with Gasteiger partial charge in [0.15, 0.2) is 0 Å². The second-order valence-corrected chi connectivity index (χ2v) is 0. The third kappa shape index (κ3) is 66.4. The van der Waals surface area contributed by atoms with Crippen molar-refractivity contribution in [2.45, 2.75) is 0 Å². The standard InChI is InChI=1S/4ClH.2Mn.H2O/h4*1H;;;1H2/q;;;;2*+2;/p-4. The molecular formula is H2Cl4Mn2O. The van der Waals surface area contributed by atoms with E-state index in [1.165, 1.54) is 0 Å². The Kier molecular flexibility index (Phi) is 1680. The molecule has 2 radical (unpaired) electrons. The van der Waals surface area contributed by atoms with Gasteiger partial charge in [0.2, 0.25) is 0 Å². The number of halogens is 4. The Balaban J connectivity index is 0. The molecule has 0 saturated carbocycles. The maximum absolute atomic E-state index is 0. The molecule has 0 aromatic heterocycles. The van der Waals surface area contributed by atoms with Gasteiger partial charge in [-0.05, 0) is 0 Å². The van der Waals surface area contributed by atoms with Crippen LogP contribution in [0.5, 0.6) is 0 Å². The van der Waals surface area contributed by atoms with E-state index in [0.717, 1.165) is 0 Å². The van der Waals surface area contributed by atoms with Gasteiger partial charge in [0.05, 0.1) is 0 Å². The second-order valence-electron chi connectivity index (χ2n) is 0. The van der Waals surface area contributed by atoms with Gasteiger partial charge < -0.3 is 55.1 Å².